The molecule has 2 atom stereocenters. The van der Waals surface area contributed by atoms with Crippen LogP contribution >= 0.6 is 0 Å². The third-order valence-corrected chi connectivity index (χ3v) is 7.72. The average molecular weight is 563 g/mol. The van der Waals surface area contributed by atoms with Gasteiger partial charge in [0.15, 0.2) is 0 Å². The van der Waals surface area contributed by atoms with E-state index in [4.69, 9.17) is 14.2 Å². The highest BCUT2D eigenvalue weighted by Crippen LogP contribution is 2.48. The Bertz CT molecular complexity index is 1530. The monoisotopic (exact) mass is 562 g/mol. The van der Waals surface area contributed by atoms with E-state index in [1.54, 1.807) is 14.2 Å². The third-order valence-electron chi connectivity index (χ3n) is 7.72. The number of ether oxygens (including phenoxy) is 3. The number of anilines is 2. The molecule has 0 bridgehead atoms. The first-order chi connectivity index (χ1) is 20.4. The normalized spacial score (nSPS) is 16.6. The van der Waals surface area contributed by atoms with Crippen molar-refractivity contribution in [2.45, 2.75) is 39.3 Å². The molecule has 0 fully saturated rings. The largest absolute Gasteiger partial charge is 0.497 e. The van der Waals surface area contributed by atoms with Gasteiger partial charge in [-0.15, -0.1) is 0 Å². The summed E-state index contributed by atoms with van der Waals surface area (Å²) in [6.07, 6.45) is 0.567. The van der Waals surface area contributed by atoms with Crippen LogP contribution in [0.3, 0.4) is 0 Å². The van der Waals surface area contributed by atoms with E-state index in [9.17, 15) is 4.79 Å². The van der Waals surface area contributed by atoms with E-state index in [1.807, 2.05) is 43.3 Å². The van der Waals surface area contributed by atoms with Crippen molar-refractivity contribution in [1.29, 1.82) is 0 Å². The molecule has 5 rings (SSSR count). The van der Waals surface area contributed by atoms with Gasteiger partial charge >= 0.3 is 5.97 Å². The van der Waals surface area contributed by atoms with Gasteiger partial charge in [0.1, 0.15) is 11.5 Å². The molecule has 0 radical (unpaired) electrons. The van der Waals surface area contributed by atoms with Crippen LogP contribution in [0.4, 0.5) is 11.4 Å². The van der Waals surface area contributed by atoms with Gasteiger partial charge in [0.05, 0.1) is 38.5 Å². The zero-order chi connectivity index (χ0) is 29.6. The lowest BCUT2D eigenvalue weighted by Crippen LogP contribution is -2.41. The molecular formula is C36H38N2O4. The van der Waals surface area contributed by atoms with Crippen LogP contribution in [0, 0.1) is 13.8 Å². The Labute approximate surface area is 248 Å². The minimum atomic E-state index is -0.418. The molecule has 0 amide bonds. The smallest absolute Gasteiger partial charge is 0.338 e. The number of nitrogens with one attached hydrogen (secondary N) is 1. The molecule has 6 heteroatoms. The van der Waals surface area contributed by atoms with Crippen LogP contribution in [0.1, 0.15) is 47.7 Å². The second-order valence-corrected chi connectivity index (χ2v) is 10.5. The summed E-state index contributed by atoms with van der Waals surface area (Å²) in [5.74, 6) is 1.21. The molecular weight excluding hydrogens is 524 g/mol. The van der Waals surface area contributed by atoms with Crippen LogP contribution < -0.4 is 19.7 Å². The van der Waals surface area contributed by atoms with E-state index in [0.29, 0.717) is 12.0 Å². The van der Waals surface area contributed by atoms with Gasteiger partial charge in [-0.25, -0.2) is 4.79 Å². The quantitative estimate of drug-likeness (QED) is 0.209. The van der Waals surface area contributed by atoms with Gasteiger partial charge in [-0.3, -0.25) is 0 Å². The fourth-order valence-corrected chi connectivity index (χ4v) is 5.52. The lowest BCUT2D eigenvalue weighted by atomic mass is 9.83. The van der Waals surface area contributed by atoms with Crippen LogP contribution in [0.15, 0.2) is 108 Å². The standard InChI is InChI=1S/C36H38N2O4/c1-6-42-36(39)34-32(37-28-15-19-30(40-4)20-16-28)23-33(26-11-7-24(2)8-12-26)38(29-17-21-31(41-5)22-18-29)35(34)27-13-9-25(3)10-14-27/h7-22,33,35,37H,6,23H2,1-5H3/t33-,35+/m0/s1. The SMILES string of the molecule is CCOC(=O)C1=C(Nc2ccc(OC)cc2)C[C@@H](c2ccc(C)cc2)N(c2ccc(OC)cc2)[C@@H]1c1ccc(C)cc1. The molecule has 1 aliphatic rings. The Kier molecular flexibility index (Phi) is 8.82. The van der Waals surface area contributed by atoms with Crippen LogP contribution in [-0.2, 0) is 9.53 Å². The summed E-state index contributed by atoms with van der Waals surface area (Å²) in [5, 5.41) is 3.61. The minimum Gasteiger partial charge on any atom is -0.497 e. The summed E-state index contributed by atoms with van der Waals surface area (Å²) in [5.41, 5.74) is 7.79. The van der Waals surface area contributed by atoms with E-state index < -0.39 is 6.04 Å². The molecule has 0 saturated carbocycles. The third kappa shape index (κ3) is 6.13. The van der Waals surface area contributed by atoms with Gasteiger partial charge in [-0.2, -0.15) is 0 Å². The van der Waals surface area contributed by atoms with Crippen LogP contribution in [0.5, 0.6) is 11.5 Å². The molecule has 4 aromatic carbocycles. The Morgan fingerprint density at radius 1 is 0.762 bits per heavy atom. The second kappa shape index (κ2) is 12.9. The molecule has 216 valence electrons. The van der Waals surface area contributed by atoms with Crippen molar-refractivity contribution < 1.29 is 19.0 Å². The van der Waals surface area contributed by atoms with E-state index in [2.05, 4.69) is 84.7 Å². The molecule has 6 nitrogen and oxygen atoms in total. The van der Waals surface area contributed by atoms with Crippen molar-refractivity contribution in [3.63, 3.8) is 0 Å². The van der Waals surface area contributed by atoms with Gasteiger partial charge in [0, 0.05) is 23.5 Å². The van der Waals surface area contributed by atoms with Crippen LogP contribution in [0.25, 0.3) is 0 Å². The number of benzene rings is 4. The lowest BCUT2D eigenvalue weighted by molar-refractivity contribution is -0.139. The molecule has 0 unspecified atom stereocenters. The van der Waals surface area contributed by atoms with E-state index in [1.165, 1.54) is 5.56 Å². The summed E-state index contributed by atoms with van der Waals surface area (Å²) >= 11 is 0. The fourth-order valence-electron chi connectivity index (χ4n) is 5.52. The number of hydrogen-bond acceptors (Lipinski definition) is 6. The average Bonchev–Trinajstić information content (AvgIpc) is 3.02. The molecule has 1 aliphatic heterocycles. The number of methoxy groups -OCH3 is 2. The number of aryl methyl sites for hydroxylation is 2. The Hall–Kier alpha value is -4.71. The van der Waals surface area contributed by atoms with Crippen molar-refractivity contribution in [3.8, 4) is 11.5 Å². The Morgan fingerprint density at radius 2 is 1.29 bits per heavy atom. The molecule has 0 saturated heterocycles. The minimum absolute atomic E-state index is 0.0794. The van der Waals surface area contributed by atoms with Crippen molar-refractivity contribution >= 4 is 17.3 Å². The first-order valence-corrected chi connectivity index (χ1v) is 14.3. The number of hydrogen-bond donors (Lipinski definition) is 1. The van der Waals surface area contributed by atoms with E-state index in [0.717, 1.165) is 45.3 Å². The predicted molar refractivity (Wildman–Crippen MR) is 168 cm³/mol. The number of esters is 1. The van der Waals surface area contributed by atoms with Crippen LogP contribution in [-0.4, -0.2) is 26.8 Å². The maximum atomic E-state index is 13.9. The van der Waals surface area contributed by atoms with Gasteiger partial charge in [-0.05, 0) is 80.4 Å². The maximum Gasteiger partial charge on any atom is 0.338 e. The lowest BCUT2D eigenvalue weighted by Gasteiger charge is -2.46. The highest BCUT2D eigenvalue weighted by atomic mass is 16.5. The van der Waals surface area contributed by atoms with Crippen molar-refractivity contribution in [2.24, 2.45) is 0 Å². The zero-order valence-corrected chi connectivity index (χ0v) is 24.9. The van der Waals surface area contributed by atoms with Crippen molar-refractivity contribution in [1.82, 2.24) is 0 Å². The van der Waals surface area contributed by atoms with E-state index >= 15 is 0 Å². The van der Waals surface area contributed by atoms with Crippen molar-refractivity contribution in [3.05, 3.63) is 131 Å². The molecule has 4 aromatic rings. The first-order valence-electron chi connectivity index (χ1n) is 14.3. The molecule has 42 heavy (non-hydrogen) atoms. The number of carbonyl (C=O) groups excluding carboxylic acids is 1. The topological polar surface area (TPSA) is 60.0 Å². The van der Waals surface area contributed by atoms with Gasteiger partial charge in [0.2, 0.25) is 0 Å². The molecule has 0 spiro atoms. The van der Waals surface area contributed by atoms with Crippen LogP contribution in [0.2, 0.25) is 0 Å². The van der Waals surface area contributed by atoms with Gasteiger partial charge in [-0.1, -0.05) is 59.7 Å². The summed E-state index contributed by atoms with van der Waals surface area (Å²) in [6, 6.07) is 32.4. The number of rotatable bonds is 9. The Balaban J connectivity index is 1.75. The molecule has 0 aliphatic carbocycles. The van der Waals surface area contributed by atoms with E-state index in [-0.39, 0.29) is 18.6 Å². The number of nitrogens with zero attached hydrogens (tertiary/aromatic N) is 1. The highest BCUT2D eigenvalue weighted by Gasteiger charge is 2.41. The van der Waals surface area contributed by atoms with Gasteiger partial charge in [0.25, 0.3) is 0 Å². The second-order valence-electron chi connectivity index (χ2n) is 10.5. The molecule has 0 aromatic heterocycles. The summed E-state index contributed by atoms with van der Waals surface area (Å²) in [6.45, 7) is 6.29. The zero-order valence-electron chi connectivity index (χ0n) is 24.9. The fraction of sp³-hybridized carbons (Fsp3) is 0.250. The maximum absolute atomic E-state index is 13.9. The predicted octanol–water partition coefficient (Wildman–Crippen LogP) is 7.94. The highest BCUT2D eigenvalue weighted by molar-refractivity contribution is 5.93. The van der Waals surface area contributed by atoms with Crippen molar-refractivity contribution in [2.75, 3.05) is 31.0 Å². The summed E-state index contributed by atoms with van der Waals surface area (Å²) in [7, 11) is 3.32. The first kappa shape index (κ1) is 28.8. The molecule has 1 N–H and O–H groups in total. The summed E-state index contributed by atoms with van der Waals surface area (Å²) in [4.78, 5) is 16.3. The number of carbonyl (C=O) groups is 1. The Morgan fingerprint density at radius 3 is 1.81 bits per heavy atom. The molecule has 1 heterocycles. The summed E-state index contributed by atoms with van der Waals surface area (Å²) < 4.78 is 16.6. The van der Waals surface area contributed by atoms with Gasteiger partial charge < -0.3 is 24.4 Å².